The summed E-state index contributed by atoms with van der Waals surface area (Å²) in [6.45, 7) is 6.60. The van der Waals surface area contributed by atoms with Gasteiger partial charge in [0.15, 0.2) is 5.65 Å². The first-order chi connectivity index (χ1) is 15.7. The van der Waals surface area contributed by atoms with Crippen molar-refractivity contribution in [3.05, 3.63) is 36.4 Å². The Hall–Kier alpha value is -2.77. The SMILES string of the molecule is CCN1CCN(c2cc(-c3cnc4ccc(C(F)F)nn34)ncn2)C(C)C1CNS(C)(=O)=O. The molecule has 3 aromatic rings. The number of likely N-dealkylation sites (N-methyl/N-ethyl adjacent to an activating group) is 1. The number of halogens is 2. The van der Waals surface area contributed by atoms with Crippen molar-refractivity contribution >= 4 is 21.5 Å². The minimum absolute atomic E-state index is 0.0403. The van der Waals surface area contributed by atoms with Crippen LogP contribution in [-0.4, -0.2) is 82.4 Å². The van der Waals surface area contributed by atoms with Gasteiger partial charge in [0.25, 0.3) is 6.43 Å². The summed E-state index contributed by atoms with van der Waals surface area (Å²) in [5.74, 6) is 0.660. The molecule has 0 saturated carbocycles. The average molecular weight is 481 g/mol. The molecule has 2 atom stereocenters. The maximum atomic E-state index is 13.1. The minimum Gasteiger partial charge on any atom is -0.351 e. The molecular weight excluding hydrogens is 454 g/mol. The molecular formula is C20H26F2N8O2S. The fourth-order valence-electron chi connectivity index (χ4n) is 4.19. The Morgan fingerprint density at radius 3 is 2.70 bits per heavy atom. The quantitative estimate of drug-likeness (QED) is 0.543. The van der Waals surface area contributed by atoms with Gasteiger partial charge in [-0.15, -0.1) is 0 Å². The van der Waals surface area contributed by atoms with Crippen LogP contribution in [0.2, 0.25) is 0 Å². The van der Waals surface area contributed by atoms with Crippen LogP contribution in [0.1, 0.15) is 26.0 Å². The van der Waals surface area contributed by atoms with Crippen LogP contribution in [0.15, 0.2) is 30.7 Å². The highest BCUT2D eigenvalue weighted by molar-refractivity contribution is 7.88. The predicted octanol–water partition coefficient (Wildman–Crippen LogP) is 1.57. The number of fused-ring (bicyclic) bond motifs is 1. The maximum absolute atomic E-state index is 13.1. The summed E-state index contributed by atoms with van der Waals surface area (Å²) >= 11 is 0. The number of sulfonamides is 1. The number of aromatic nitrogens is 5. The first kappa shape index (κ1) is 23.4. The van der Waals surface area contributed by atoms with Gasteiger partial charge in [-0.1, -0.05) is 6.92 Å². The number of rotatable bonds is 7. The first-order valence-corrected chi connectivity index (χ1v) is 12.5. The Balaban J connectivity index is 1.65. The molecule has 1 saturated heterocycles. The van der Waals surface area contributed by atoms with Gasteiger partial charge in [-0.2, -0.15) is 5.10 Å². The van der Waals surface area contributed by atoms with Gasteiger partial charge in [0, 0.05) is 37.8 Å². The van der Waals surface area contributed by atoms with E-state index in [9.17, 15) is 17.2 Å². The molecule has 0 spiro atoms. The summed E-state index contributed by atoms with van der Waals surface area (Å²) in [5, 5.41) is 4.01. The first-order valence-electron chi connectivity index (χ1n) is 10.6. The third-order valence-electron chi connectivity index (χ3n) is 5.92. The summed E-state index contributed by atoms with van der Waals surface area (Å²) in [6.07, 6.45) is 1.41. The van der Waals surface area contributed by atoms with Crippen molar-refractivity contribution in [1.29, 1.82) is 0 Å². The molecule has 13 heteroatoms. The second kappa shape index (κ2) is 9.23. The summed E-state index contributed by atoms with van der Waals surface area (Å²) < 4.78 is 53.6. The number of hydrogen-bond acceptors (Lipinski definition) is 8. The molecule has 0 radical (unpaired) electrons. The van der Waals surface area contributed by atoms with E-state index in [1.165, 1.54) is 23.0 Å². The molecule has 1 fully saturated rings. The number of nitrogens with one attached hydrogen (secondary N) is 1. The van der Waals surface area contributed by atoms with Crippen LogP contribution in [0.5, 0.6) is 0 Å². The molecule has 1 aliphatic rings. The zero-order valence-corrected chi connectivity index (χ0v) is 19.4. The van der Waals surface area contributed by atoms with E-state index >= 15 is 0 Å². The van der Waals surface area contributed by atoms with Gasteiger partial charge in [-0.3, -0.25) is 4.90 Å². The van der Waals surface area contributed by atoms with Gasteiger partial charge in [0.05, 0.1) is 18.1 Å². The molecule has 0 amide bonds. The van der Waals surface area contributed by atoms with Crippen molar-refractivity contribution in [2.24, 2.45) is 0 Å². The lowest BCUT2D eigenvalue weighted by Gasteiger charge is -2.46. The monoisotopic (exact) mass is 480 g/mol. The second-order valence-electron chi connectivity index (χ2n) is 7.98. The lowest BCUT2D eigenvalue weighted by molar-refractivity contribution is 0.144. The number of hydrogen-bond donors (Lipinski definition) is 1. The third-order valence-corrected chi connectivity index (χ3v) is 6.61. The van der Waals surface area contributed by atoms with Crippen molar-refractivity contribution in [1.82, 2.24) is 34.2 Å². The van der Waals surface area contributed by atoms with E-state index in [0.29, 0.717) is 29.4 Å². The van der Waals surface area contributed by atoms with Crippen LogP contribution in [0.25, 0.3) is 17.0 Å². The highest BCUT2D eigenvalue weighted by atomic mass is 32.2. The zero-order valence-electron chi connectivity index (χ0n) is 18.6. The van der Waals surface area contributed by atoms with E-state index in [1.807, 2.05) is 13.8 Å². The highest BCUT2D eigenvalue weighted by Crippen LogP contribution is 2.27. The highest BCUT2D eigenvalue weighted by Gasteiger charge is 2.34. The number of alkyl halides is 2. The van der Waals surface area contributed by atoms with Crippen molar-refractivity contribution < 1.29 is 17.2 Å². The van der Waals surface area contributed by atoms with E-state index in [-0.39, 0.29) is 24.3 Å². The molecule has 178 valence electrons. The largest absolute Gasteiger partial charge is 0.351 e. The van der Waals surface area contributed by atoms with Gasteiger partial charge >= 0.3 is 0 Å². The standard InChI is InChI=1S/C20H26F2N8O2S/c1-4-28-7-8-29(13(2)16(28)11-26-33(3,31)32)19-9-15(24-12-25-19)17-10-23-18-6-5-14(20(21)22)27-30(17)18/h5-6,9-10,12-13,16,20,26H,4,7-8,11H2,1-3H3. The topological polar surface area (TPSA) is 109 Å². The maximum Gasteiger partial charge on any atom is 0.282 e. The molecule has 0 aromatic carbocycles. The van der Waals surface area contributed by atoms with E-state index in [0.717, 1.165) is 19.3 Å². The Labute approximate surface area is 190 Å². The molecule has 1 aliphatic heterocycles. The fourth-order valence-corrected chi connectivity index (χ4v) is 4.67. The summed E-state index contributed by atoms with van der Waals surface area (Å²) in [6, 6.07) is 4.43. The summed E-state index contributed by atoms with van der Waals surface area (Å²) in [4.78, 5) is 17.3. The molecule has 1 N–H and O–H groups in total. The molecule has 0 aliphatic carbocycles. The molecule has 33 heavy (non-hydrogen) atoms. The molecule has 4 heterocycles. The van der Waals surface area contributed by atoms with Crippen LogP contribution in [0.3, 0.4) is 0 Å². The van der Waals surface area contributed by atoms with Crippen LogP contribution >= 0.6 is 0 Å². The average Bonchev–Trinajstić information content (AvgIpc) is 3.20. The van der Waals surface area contributed by atoms with Gasteiger partial charge in [-0.25, -0.2) is 41.4 Å². The van der Waals surface area contributed by atoms with Crippen molar-refractivity contribution in [3.8, 4) is 11.4 Å². The fraction of sp³-hybridized carbons (Fsp3) is 0.500. The zero-order chi connectivity index (χ0) is 23.8. The van der Waals surface area contributed by atoms with E-state index < -0.39 is 16.4 Å². The lowest BCUT2D eigenvalue weighted by Crippen LogP contribution is -2.62. The molecule has 4 rings (SSSR count). The number of anilines is 1. The predicted molar refractivity (Wildman–Crippen MR) is 120 cm³/mol. The van der Waals surface area contributed by atoms with Crippen molar-refractivity contribution in [2.45, 2.75) is 32.4 Å². The normalized spacial score (nSPS) is 20.1. The summed E-state index contributed by atoms with van der Waals surface area (Å²) in [7, 11) is -3.32. The Morgan fingerprint density at radius 2 is 2.00 bits per heavy atom. The van der Waals surface area contributed by atoms with Crippen molar-refractivity contribution in [2.75, 3.05) is 37.3 Å². The van der Waals surface area contributed by atoms with Crippen LogP contribution in [0, 0.1) is 0 Å². The van der Waals surface area contributed by atoms with E-state index in [4.69, 9.17) is 0 Å². The summed E-state index contributed by atoms with van der Waals surface area (Å²) in [5.41, 5.74) is 1.07. The lowest BCUT2D eigenvalue weighted by atomic mass is 10.0. The Morgan fingerprint density at radius 1 is 1.21 bits per heavy atom. The number of piperazine rings is 1. The second-order valence-corrected chi connectivity index (χ2v) is 9.82. The molecule has 10 nitrogen and oxygen atoms in total. The van der Waals surface area contributed by atoms with Crippen LogP contribution < -0.4 is 9.62 Å². The number of imidazole rings is 1. The van der Waals surface area contributed by atoms with E-state index in [2.05, 4.69) is 34.6 Å². The Bertz CT molecular complexity index is 1240. The van der Waals surface area contributed by atoms with Crippen molar-refractivity contribution in [3.63, 3.8) is 0 Å². The number of nitrogens with zero attached hydrogens (tertiary/aromatic N) is 7. The van der Waals surface area contributed by atoms with Gasteiger partial charge in [-0.05, 0) is 25.6 Å². The van der Waals surface area contributed by atoms with Gasteiger partial charge in [0.1, 0.15) is 23.5 Å². The third kappa shape index (κ3) is 4.94. The van der Waals surface area contributed by atoms with Gasteiger partial charge in [0.2, 0.25) is 10.0 Å². The minimum atomic E-state index is -3.32. The van der Waals surface area contributed by atoms with E-state index in [1.54, 1.807) is 12.3 Å². The molecule has 0 bridgehead atoms. The Kier molecular flexibility index (Phi) is 6.54. The molecule has 2 unspecified atom stereocenters. The van der Waals surface area contributed by atoms with Gasteiger partial charge < -0.3 is 4.90 Å². The van der Waals surface area contributed by atoms with Crippen LogP contribution in [-0.2, 0) is 10.0 Å². The van der Waals surface area contributed by atoms with Crippen LogP contribution in [0.4, 0.5) is 14.6 Å². The smallest absolute Gasteiger partial charge is 0.282 e. The molecule has 3 aromatic heterocycles.